The van der Waals surface area contributed by atoms with Crippen molar-refractivity contribution in [3.63, 3.8) is 0 Å². The van der Waals surface area contributed by atoms with Crippen molar-refractivity contribution in [3.05, 3.63) is 94.1 Å². The van der Waals surface area contributed by atoms with Gasteiger partial charge in [-0.1, -0.05) is 62.4 Å². The first kappa shape index (κ1) is 30.6. The highest BCUT2D eigenvalue weighted by Gasteiger charge is 2.33. The molecule has 0 aliphatic carbocycles. The van der Waals surface area contributed by atoms with Gasteiger partial charge >= 0.3 is 0 Å². The molecule has 3 aromatic carbocycles. The van der Waals surface area contributed by atoms with Gasteiger partial charge in [0.25, 0.3) is 10.0 Å². The summed E-state index contributed by atoms with van der Waals surface area (Å²) in [6.07, 6.45) is 1.70. The summed E-state index contributed by atoms with van der Waals surface area (Å²) < 4.78 is 29.6. The smallest absolute Gasteiger partial charge is 0.264 e. The number of nitrogens with one attached hydrogen (secondary N) is 1. The first-order chi connectivity index (χ1) is 18.7. The number of sulfonamides is 1. The molecule has 0 saturated carbocycles. The van der Waals surface area contributed by atoms with Crippen molar-refractivity contribution in [3.8, 4) is 0 Å². The highest BCUT2D eigenvalue weighted by molar-refractivity contribution is 14.1. The molecular formula is C30H36IN3O4S. The van der Waals surface area contributed by atoms with E-state index in [1.807, 2.05) is 51.1 Å². The average Bonchev–Trinajstić information content (AvgIpc) is 2.95. The summed E-state index contributed by atoms with van der Waals surface area (Å²) in [4.78, 5) is 28.9. The Labute approximate surface area is 245 Å². The lowest BCUT2D eigenvalue weighted by Crippen LogP contribution is -2.54. The van der Waals surface area contributed by atoms with E-state index in [2.05, 4.69) is 27.9 Å². The van der Waals surface area contributed by atoms with Gasteiger partial charge in [-0.2, -0.15) is 0 Å². The Morgan fingerprint density at radius 2 is 1.46 bits per heavy atom. The van der Waals surface area contributed by atoms with Crippen LogP contribution in [0.3, 0.4) is 0 Å². The summed E-state index contributed by atoms with van der Waals surface area (Å²) >= 11 is 2.15. The second-order valence-electron chi connectivity index (χ2n) is 9.37. The van der Waals surface area contributed by atoms with Crippen molar-refractivity contribution in [2.24, 2.45) is 0 Å². The van der Waals surface area contributed by atoms with Crippen molar-refractivity contribution in [1.82, 2.24) is 10.2 Å². The van der Waals surface area contributed by atoms with Gasteiger partial charge in [-0.15, -0.1) is 0 Å². The molecule has 0 heterocycles. The largest absolute Gasteiger partial charge is 0.352 e. The number of hydrogen-bond acceptors (Lipinski definition) is 4. The first-order valence-corrected chi connectivity index (χ1v) is 15.7. The maximum Gasteiger partial charge on any atom is 0.264 e. The van der Waals surface area contributed by atoms with Crippen LogP contribution in [0, 0.1) is 3.57 Å². The Morgan fingerprint density at radius 1 is 0.872 bits per heavy atom. The minimum atomic E-state index is -4.06. The van der Waals surface area contributed by atoms with Gasteiger partial charge in [-0.05, 0) is 90.7 Å². The van der Waals surface area contributed by atoms with Gasteiger partial charge < -0.3 is 10.2 Å². The number of carbonyl (C=O) groups is 2. The summed E-state index contributed by atoms with van der Waals surface area (Å²) in [6, 6.07) is 24.0. The van der Waals surface area contributed by atoms with Crippen molar-refractivity contribution in [2.45, 2.75) is 57.0 Å². The molecule has 208 valence electrons. The number of benzene rings is 3. The van der Waals surface area contributed by atoms with E-state index in [1.54, 1.807) is 42.5 Å². The van der Waals surface area contributed by atoms with Crippen LogP contribution < -0.4 is 9.62 Å². The fourth-order valence-electron chi connectivity index (χ4n) is 4.19. The molecule has 0 aliphatic heterocycles. The molecule has 0 aliphatic rings. The number of rotatable bonds is 13. The molecule has 0 spiro atoms. The zero-order chi connectivity index (χ0) is 28.4. The van der Waals surface area contributed by atoms with E-state index in [0.29, 0.717) is 18.5 Å². The molecular weight excluding hydrogens is 625 g/mol. The van der Waals surface area contributed by atoms with E-state index in [-0.39, 0.29) is 23.4 Å². The maximum absolute atomic E-state index is 14.0. The van der Waals surface area contributed by atoms with E-state index < -0.39 is 28.5 Å². The van der Waals surface area contributed by atoms with Crippen molar-refractivity contribution in [1.29, 1.82) is 0 Å². The van der Waals surface area contributed by atoms with E-state index >= 15 is 0 Å². The Kier molecular flexibility index (Phi) is 11.4. The van der Waals surface area contributed by atoms with Crippen LogP contribution in [0.25, 0.3) is 0 Å². The van der Waals surface area contributed by atoms with Gasteiger partial charge in [0.2, 0.25) is 11.8 Å². The highest BCUT2D eigenvalue weighted by atomic mass is 127. The topological polar surface area (TPSA) is 86.8 Å². The third kappa shape index (κ3) is 8.28. The number of anilines is 1. The van der Waals surface area contributed by atoms with Crippen LogP contribution in [0.1, 0.15) is 39.2 Å². The second kappa shape index (κ2) is 14.5. The molecule has 3 rings (SSSR count). The first-order valence-electron chi connectivity index (χ1n) is 13.1. The quantitative estimate of drug-likeness (QED) is 0.254. The summed E-state index contributed by atoms with van der Waals surface area (Å²) in [6.45, 7) is 5.62. The molecule has 0 bridgehead atoms. The Hall–Kier alpha value is -2.92. The van der Waals surface area contributed by atoms with E-state index in [9.17, 15) is 18.0 Å². The lowest BCUT2D eigenvalue weighted by molar-refractivity contribution is -0.139. The predicted molar refractivity (Wildman–Crippen MR) is 164 cm³/mol. The summed E-state index contributed by atoms with van der Waals surface area (Å²) in [5.41, 5.74) is 1.41. The van der Waals surface area contributed by atoms with E-state index in [0.717, 1.165) is 19.9 Å². The zero-order valence-corrected chi connectivity index (χ0v) is 25.6. The summed E-state index contributed by atoms with van der Waals surface area (Å²) in [5.74, 6) is -0.671. The highest BCUT2D eigenvalue weighted by Crippen LogP contribution is 2.25. The zero-order valence-electron chi connectivity index (χ0n) is 22.6. The second-order valence-corrected chi connectivity index (χ2v) is 12.5. The fraction of sp³-hybridized carbons (Fsp3) is 0.333. The van der Waals surface area contributed by atoms with Gasteiger partial charge in [-0.3, -0.25) is 13.9 Å². The fourth-order valence-corrected chi connectivity index (χ4v) is 5.99. The molecule has 1 N–H and O–H groups in total. The number of hydrogen-bond donors (Lipinski definition) is 1. The molecule has 2 atom stereocenters. The van der Waals surface area contributed by atoms with Crippen molar-refractivity contribution in [2.75, 3.05) is 17.4 Å². The molecule has 3 aromatic rings. The average molecular weight is 662 g/mol. The van der Waals surface area contributed by atoms with Gasteiger partial charge in [0.1, 0.15) is 12.6 Å². The van der Waals surface area contributed by atoms with E-state index in [1.165, 1.54) is 17.0 Å². The van der Waals surface area contributed by atoms with Crippen LogP contribution in [0.15, 0.2) is 89.8 Å². The van der Waals surface area contributed by atoms with Crippen molar-refractivity contribution >= 4 is 50.1 Å². The van der Waals surface area contributed by atoms with Crippen molar-refractivity contribution < 1.29 is 18.0 Å². The van der Waals surface area contributed by atoms with E-state index in [4.69, 9.17) is 0 Å². The minimum Gasteiger partial charge on any atom is -0.352 e. The maximum atomic E-state index is 14.0. The molecule has 0 saturated heterocycles. The van der Waals surface area contributed by atoms with Gasteiger partial charge in [0, 0.05) is 16.2 Å². The van der Waals surface area contributed by atoms with Crippen LogP contribution >= 0.6 is 22.6 Å². The van der Waals surface area contributed by atoms with Crippen LogP contribution in [0.2, 0.25) is 0 Å². The third-order valence-corrected chi connectivity index (χ3v) is 9.10. The minimum absolute atomic E-state index is 0.0422. The molecule has 0 fully saturated rings. The van der Waals surface area contributed by atoms with Gasteiger partial charge in [0.15, 0.2) is 0 Å². The Balaban J connectivity index is 1.99. The number of carbonyl (C=O) groups excluding carboxylic acids is 2. The Bertz CT molecular complexity index is 1320. The van der Waals surface area contributed by atoms with Crippen LogP contribution in [0.5, 0.6) is 0 Å². The molecule has 9 heteroatoms. The number of nitrogens with zero attached hydrogens (tertiary/aromatic N) is 2. The van der Waals surface area contributed by atoms with Crippen LogP contribution in [-0.4, -0.2) is 50.3 Å². The Morgan fingerprint density at radius 3 is 2.03 bits per heavy atom. The summed E-state index contributed by atoms with van der Waals surface area (Å²) in [5, 5.41) is 3.00. The van der Waals surface area contributed by atoms with Gasteiger partial charge in [0.05, 0.1) is 10.6 Å². The van der Waals surface area contributed by atoms with Gasteiger partial charge in [-0.25, -0.2) is 8.42 Å². The molecule has 2 amide bonds. The lowest BCUT2D eigenvalue weighted by Gasteiger charge is -2.33. The lowest BCUT2D eigenvalue weighted by atomic mass is 10.1. The molecule has 39 heavy (non-hydrogen) atoms. The standard InChI is InChI=1S/C30H36IN3O4S/c1-4-23(3)32-30(36)28(5-2)33(21-20-24-12-8-6-9-13-24)29(35)22-34(26-18-16-25(31)17-19-26)39(37,38)27-14-10-7-11-15-27/h6-19,23,28H,4-5,20-22H2,1-3H3,(H,32,36)/t23-,28+/m1/s1. The molecule has 0 unspecified atom stereocenters. The number of halogens is 1. The third-order valence-electron chi connectivity index (χ3n) is 6.60. The van der Waals surface area contributed by atoms with Crippen LogP contribution in [0.4, 0.5) is 5.69 Å². The normalized spacial score (nSPS) is 12.8. The van der Waals surface area contributed by atoms with Crippen LogP contribution in [-0.2, 0) is 26.0 Å². The number of amides is 2. The monoisotopic (exact) mass is 661 g/mol. The predicted octanol–water partition coefficient (Wildman–Crippen LogP) is 5.25. The SMILES string of the molecule is CC[C@@H](C)NC(=O)[C@H](CC)N(CCc1ccccc1)C(=O)CN(c1ccc(I)cc1)S(=O)(=O)c1ccccc1. The molecule has 0 aromatic heterocycles. The summed E-state index contributed by atoms with van der Waals surface area (Å²) in [7, 11) is -4.06. The molecule has 0 radical (unpaired) electrons. The molecule has 7 nitrogen and oxygen atoms in total.